The van der Waals surface area contributed by atoms with Gasteiger partial charge in [0.15, 0.2) is 6.10 Å². The third kappa shape index (κ3) is 3.16. The molecule has 4 heteroatoms. The maximum Gasteiger partial charge on any atom is 0.349 e. The molecular weight excluding hydrogens is 330 g/mol. The van der Waals surface area contributed by atoms with Crippen molar-refractivity contribution in [3.05, 3.63) is 101 Å². The highest BCUT2D eigenvalue weighted by atomic mass is 32.1. The van der Waals surface area contributed by atoms with Gasteiger partial charge in [-0.05, 0) is 28.5 Å². The predicted octanol–water partition coefficient (Wildman–Crippen LogP) is 5.24. The zero-order valence-electron chi connectivity index (χ0n) is 13.3. The summed E-state index contributed by atoms with van der Waals surface area (Å²) in [7, 11) is 0. The van der Waals surface area contributed by atoms with E-state index >= 15 is 0 Å². The fraction of sp³-hybridized carbons (Fsp3) is 0.0476. The van der Waals surface area contributed by atoms with Crippen LogP contribution in [0.3, 0.4) is 0 Å². The Balaban J connectivity index is 1.81. The van der Waals surface area contributed by atoms with Crippen molar-refractivity contribution in [3.63, 3.8) is 0 Å². The molecule has 2 heterocycles. The van der Waals surface area contributed by atoms with Gasteiger partial charge in [-0.3, -0.25) is 4.98 Å². The molecule has 2 aromatic carbocycles. The van der Waals surface area contributed by atoms with Gasteiger partial charge in [0, 0.05) is 11.6 Å². The molecule has 122 valence electrons. The first-order chi connectivity index (χ1) is 12.3. The first-order valence-electron chi connectivity index (χ1n) is 7.96. The first-order valence-corrected chi connectivity index (χ1v) is 8.84. The fourth-order valence-corrected chi connectivity index (χ4v) is 3.43. The standard InChI is InChI=1S/C21H15NO2S/c23-21(18-11-6-14-25-18)24-20(16-8-2-1-3-9-16)19-17-10-5-4-7-15(17)12-13-22-19/h1-14,20H/t20-/m0/s1. The Morgan fingerprint density at radius 2 is 1.72 bits per heavy atom. The third-order valence-electron chi connectivity index (χ3n) is 4.00. The molecule has 0 saturated heterocycles. The number of carbonyl (C=O) groups excluding carboxylic acids is 1. The lowest BCUT2D eigenvalue weighted by molar-refractivity contribution is 0.0379. The van der Waals surface area contributed by atoms with Crippen LogP contribution in [-0.4, -0.2) is 11.0 Å². The van der Waals surface area contributed by atoms with Gasteiger partial charge < -0.3 is 4.74 Å². The zero-order valence-corrected chi connectivity index (χ0v) is 14.1. The summed E-state index contributed by atoms with van der Waals surface area (Å²) >= 11 is 1.37. The van der Waals surface area contributed by atoms with Gasteiger partial charge >= 0.3 is 5.97 Å². The minimum Gasteiger partial charge on any atom is -0.447 e. The quantitative estimate of drug-likeness (QED) is 0.475. The van der Waals surface area contributed by atoms with Crippen LogP contribution in [0.4, 0.5) is 0 Å². The maximum atomic E-state index is 12.6. The number of hydrogen-bond acceptors (Lipinski definition) is 4. The van der Waals surface area contributed by atoms with Crippen LogP contribution in [0, 0.1) is 0 Å². The van der Waals surface area contributed by atoms with Crippen LogP contribution in [0.5, 0.6) is 0 Å². The number of pyridine rings is 1. The molecule has 1 atom stereocenters. The number of aromatic nitrogens is 1. The molecule has 25 heavy (non-hydrogen) atoms. The summed E-state index contributed by atoms with van der Waals surface area (Å²) in [5.74, 6) is -0.335. The van der Waals surface area contributed by atoms with Crippen LogP contribution < -0.4 is 0 Å². The van der Waals surface area contributed by atoms with E-state index < -0.39 is 6.10 Å². The number of benzene rings is 2. The van der Waals surface area contributed by atoms with E-state index in [-0.39, 0.29) is 5.97 Å². The van der Waals surface area contributed by atoms with Gasteiger partial charge in [0.1, 0.15) is 4.88 Å². The van der Waals surface area contributed by atoms with E-state index in [2.05, 4.69) is 4.98 Å². The Morgan fingerprint density at radius 3 is 2.52 bits per heavy atom. The van der Waals surface area contributed by atoms with E-state index in [4.69, 9.17) is 4.74 Å². The number of carbonyl (C=O) groups is 1. The molecule has 0 unspecified atom stereocenters. The van der Waals surface area contributed by atoms with Crippen LogP contribution in [0.1, 0.15) is 27.0 Å². The van der Waals surface area contributed by atoms with E-state index in [0.717, 1.165) is 22.0 Å². The average Bonchev–Trinajstić information content (AvgIpc) is 3.21. The van der Waals surface area contributed by atoms with Crippen molar-refractivity contribution in [1.29, 1.82) is 0 Å². The average molecular weight is 345 g/mol. The summed E-state index contributed by atoms with van der Waals surface area (Å²) in [6.45, 7) is 0. The zero-order chi connectivity index (χ0) is 17.1. The Bertz CT molecular complexity index is 992. The highest BCUT2D eigenvalue weighted by Crippen LogP contribution is 2.31. The Morgan fingerprint density at radius 1 is 0.920 bits per heavy atom. The van der Waals surface area contributed by atoms with Crippen molar-refractivity contribution < 1.29 is 9.53 Å². The van der Waals surface area contributed by atoms with Gasteiger partial charge in [0.05, 0.1) is 5.69 Å². The summed E-state index contributed by atoms with van der Waals surface area (Å²) in [5.41, 5.74) is 1.64. The monoisotopic (exact) mass is 345 g/mol. The molecule has 4 rings (SSSR count). The molecule has 0 amide bonds. The van der Waals surface area contributed by atoms with Gasteiger partial charge in [0.2, 0.25) is 0 Å². The van der Waals surface area contributed by atoms with Gasteiger partial charge in [0.25, 0.3) is 0 Å². The maximum absolute atomic E-state index is 12.6. The first kappa shape index (κ1) is 15.5. The minimum absolute atomic E-state index is 0.335. The number of ether oxygens (including phenoxy) is 1. The van der Waals surface area contributed by atoms with Crippen molar-refractivity contribution >= 4 is 28.1 Å². The molecule has 0 aliphatic rings. The summed E-state index contributed by atoms with van der Waals surface area (Å²) in [6, 6.07) is 23.3. The second kappa shape index (κ2) is 6.87. The molecule has 0 N–H and O–H groups in total. The van der Waals surface area contributed by atoms with Crippen molar-refractivity contribution in [2.24, 2.45) is 0 Å². The highest BCUT2D eigenvalue weighted by Gasteiger charge is 2.23. The minimum atomic E-state index is -0.554. The molecule has 0 bridgehead atoms. The molecule has 0 radical (unpaired) electrons. The fourth-order valence-electron chi connectivity index (χ4n) is 2.82. The molecule has 0 fully saturated rings. The number of thiophene rings is 1. The predicted molar refractivity (Wildman–Crippen MR) is 99.8 cm³/mol. The van der Waals surface area contributed by atoms with Crippen molar-refractivity contribution in [3.8, 4) is 0 Å². The van der Waals surface area contributed by atoms with Gasteiger partial charge in [-0.25, -0.2) is 4.79 Å². The molecule has 0 spiro atoms. The Kier molecular flexibility index (Phi) is 4.27. The Labute approximate surface area is 149 Å². The van der Waals surface area contributed by atoms with E-state index in [9.17, 15) is 4.79 Å². The van der Waals surface area contributed by atoms with Crippen molar-refractivity contribution in [1.82, 2.24) is 4.98 Å². The smallest absolute Gasteiger partial charge is 0.349 e. The lowest BCUT2D eigenvalue weighted by Gasteiger charge is -2.19. The van der Waals surface area contributed by atoms with Gasteiger partial charge in [-0.1, -0.05) is 60.7 Å². The molecule has 2 aromatic heterocycles. The summed E-state index contributed by atoms with van der Waals surface area (Å²) in [4.78, 5) is 17.7. The SMILES string of the molecule is O=C(O[C@@H](c1ccccc1)c1nccc2ccccc12)c1cccs1. The highest BCUT2D eigenvalue weighted by molar-refractivity contribution is 7.11. The molecular formula is C21H15NO2S. The largest absolute Gasteiger partial charge is 0.447 e. The second-order valence-corrected chi connectivity index (χ2v) is 6.54. The van der Waals surface area contributed by atoms with E-state index in [0.29, 0.717) is 4.88 Å². The van der Waals surface area contributed by atoms with E-state index in [1.807, 2.05) is 72.1 Å². The number of fused-ring (bicyclic) bond motifs is 1. The lowest BCUT2D eigenvalue weighted by atomic mass is 10.0. The molecule has 0 aliphatic carbocycles. The number of rotatable bonds is 4. The van der Waals surface area contributed by atoms with Crippen LogP contribution in [0.25, 0.3) is 10.8 Å². The van der Waals surface area contributed by atoms with E-state index in [1.165, 1.54) is 11.3 Å². The molecule has 4 aromatic rings. The van der Waals surface area contributed by atoms with Crippen LogP contribution >= 0.6 is 11.3 Å². The summed E-state index contributed by atoms with van der Waals surface area (Å²) < 4.78 is 5.88. The normalized spacial score (nSPS) is 12.0. The molecule has 3 nitrogen and oxygen atoms in total. The topological polar surface area (TPSA) is 39.2 Å². The van der Waals surface area contributed by atoms with E-state index in [1.54, 1.807) is 12.3 Å². The van der Waals surface area contributed by atoms with Crippen LogP contribution in [0.2, 0.25) is 0 Å². The summed E-state index contributed by atoms with van der Waals surface area (Å²) in [5, 5.41) is 3.92. The number of nitrogens with zero attached hydrogens (tertiary/aromatic N) is 1. The molecule has 0 saturated carbocycles. The van der Waals surface area contributed by atoms with Crippen molar-refractivity contribution in [2.75, 3.05) is 0 Å². The Hall–Kier alpha value is -2.98. The van der Waals surface area contributed by atoms with Gasteiger partial charge in [-0.15, -0.1) is 11.3 Å². The summed E-state index contributed by atoms with van der Waals surface area (Å²) in [6.07, 6.45) is 1.20. The number of hydrogen-bond donors (Lipinski definition) is 0. The second-order valence-electron chi connectivity index (χ2n) is 5.59. The molecule has 0 aliphatic heterocycles. The van der Waals surface area contributed by atoms with Crippen molar-refractivity contribution in [2.45, 2.75) is 6.10 Å². The lowest BCUT2D eigenvalue weighted by Crippen LogP contribution is -2.13. The third-order valence-corrected chi connectivity index (χ3v) is 4.85. The van der Waals surface area contributed by atoms with Crippen LogP contribution in [0.15, 0.2) is 84.4 Å². The van der Waals surface area contributed by atoms with Gasteiger partial charge in [-0.2, -0.15) is 0 Å². The number of esters is 1. The van der Waals surface area contributed by atoms with Crippen LogP contribution in [-0.2, 0) is 4.74 Å².